The lowest BCUT2D eigenvalue weighted by Gasteiger charge is -2.36. The molecular formula is C7H3ClF12O2. The van der Waals surface area contributed by atoms with Gasteiger partial charge in [0.05, 0.1) is 0 Å². The third-order valence-corrected chi connectivity index (χ3v) is 2.10. The Labute approximate surface area is 118 Å². The molecule has 0 saturated heterocycles. The molecule has 134 valence electrons. The van der Waals surface area contributed by atoms with Gasteiger partial charge in [0.15, 0.2) is 0 Å². The molecule has 0 rings (SSSR count). The van der Waals surface area contributed by atoms with Crippen molar-refractivity contribution in [1.29, 1.82) is 0 Å². The van der Waals surface area contributed by atoms with E-state index in [1.165, 1.54) is 4.94 Å². The van der Waals surface area contributed by atoms with Crippen LogP contribution >= 0.6 is 12.4 Å². The van der Waals surface area contributed by atoms with Gasteiger partial charge < -0.3 is 0 Å². The monoisotopic (exact) mass is 382 g/mol. The molecule has 1 unspecified atom stereocenters. The first-order chi connectivity index (χ1) is 9.09. The first-order valence-electron chi connectivity index (χ1n) is 4.35. The Kier molecular flexibility index (Phi) is 6.94. The Morgan fingerprint density at radius 2 is 1.18 bits per heavy atom. The van der Waals surface area contributed by atoms with Crippen molar-refractivity contribution < 1.29 is 62.6 Å². The summed E-state index contributed by atoms with van der Waals surface area (Å²) in [6.07, 6.45) is -10.2. The maximum atomic E-state index is 12.7. The van der Waals surface area contributed by atoms with Crippen molar-refractivity contribution >= 4 is 18.4 Å². The Hall–Kier alpha value is -1.08. The highest BCUT2D eigenvalue weighted by Crippen LogP contribution is 2.54. The van der Waals surface area contributed by atoms with Gasteiger partial charge in [-0.1, -0.05) is 0 Å². The summed E-state index contributed by atoms with van der Waals surface area (Å²) in [5, 5.41) is 0. The zero-order chi connectivity index (χ0) is 17.4. The first-order valence-corrected chi connectivity index (χ1v) is 4.35. The molecule has 0 amide bonds. The minimum atomic E-state index is -7.48. The highest BCUT2D eigenvalue weighted by molar-refractivity contribution is 5.85. The fourth-order valence-electron chi connectivity index (χ4n) is 0.915. The normalized spacial score (nSPS) is 15.3. The lowest BCUT2D eigenvalue weighted by molar-refractivity contribution is -0.377. The molecule has 0 aliphatic carbocycles. The van der Waals surface area contributed by atoms with E-state index in [1.54, 1.807) is 0 Å². The van der Waals surface area contributed by atoms with Crippen molar-refractivity contribution in [1.82, 2.24) is 0 Å². The maximum absolute atomic E-state index is 12.7. The minimum Gasteiger partial charge on any atom is -0.248 e. The van der Waals surface area contributed by atoms with E-state index in [2.05, 4.69) is 0 Å². The lowest BCUT2D eigenvalue weighted by Crippen LogP contribution is -2.67. The lowest BCUT2D eigenvalue weighted by atomic mass is 9.95. The fraction of sp³-hybridized carbons (Fsp3) is 0.857. The van der Waals surface area contributed by atoms with Crippen LogP contribution in [-0.2, 0) is 9.74 Å². The second-order valence-corrected chi connectivity index (χ2v) is 3.45. The minimum absolute atomic E-state index is 0. The van der Waals surface area contributed by atoms with Crippen LogP contribution in [0.3, 0.4) is 0 Å². The molecule has 0 bridgehead atoms. The second kappa shape index (κ2) is 6.58. The predicted octanol–water partition coefficient (Wildman–Crippen LogP) is 3.98. The molecule has 0 aliphatic heterocycles. The number of halogens is 13. The Bertz CT molecular complexity index is 397. The Morgan fingerprint density at radius 1 is 0.818 bits per heavy atom. The predicted molar refractivity (Wildman–Crippen MR) is 45.1 cm³/mol. The molecule has 2 nitrogen and oxygen atoms in total. The molecule has 0 heterocycles. The molecule has 0 aromatic rings. The molecule has 0 saturated carbocycles. The topological polar surface area (TPSA) is 26.3 Å². The van der Waals surface area contributed by atoms with E-state index >= 15 is 0 Å². The molecule has 1 atom stereocenters. The average molecular weight is 383 g/mol. The van der Waals surface area contributed by atoms with Crippen LogP contribution in [0.4, 0.5) is 52.8 Å². The van der Waals surface area contributed by atoms with Crippen LogP contribution in [0.2, 0.25) is 0 Å². The van der Waals surface area contributed by atoms with Crippen LogP contribution in [0.25, 0.3) is 0 Å². The van der Waals surface area contributed by atoms with Crippen LogP contribution in [-0.4, -0.2) is 42.3 Å². The molecular weight excluding hydrogens is 380 g/mol. The largest absolute Gasteiger partial charge is 0.424 e. The molecule has 0 fully saturated rings. The van der Waals surface area contributed by atoms with E-state index in [9.17, 15) is 57.6 Å². The van der Waals surface area contributed by atoms with Gasteiger partial charge in [-0.15, -0.1) is 12.4 Å². The van der Waals surface area contributed by atoms with Crippen LogP contribution in [0.5, 0.6) is 0 Å². The maximum Gasteiger partial charge on any atom is 0.424 e. The highest BCUT2D eigenvalue weighted by Gasteiger charge is 2.85. The second-order valence-electron chi connectivity index (χ2n) is 3.45. The molecule has 15 heteroatoms. The molecule has 0 aliphatic rings. The van der Waals surface area contributed by atoms with E-state index in [0.717, 1.165) is 0 Å². The van der Waals surface area contributed by atoms with Crippen LogP contribution in [0.15, 0.2) is 0 Å². The summed E-state index contributed by atoms with van der Waals surface area (Å²) >= 11 is 0. The quantitative estimate of drug-likeness (QED) is 0.650. The summed E-state index contributed by atoms with van der Waals surface area (Å²) in [7, 11) is 0. The van der Waals surface area contributed by atoms with Gasteiger partial charge in [0.2, 0.25) is 6.17 Å². The van der Waals surface area contributed by atoms with E-state index in [0.29, 0.717) is 0 Å². The SMILES string of the molecule is Cl.O=C(OF)C(F)(F)C(F)(F)C(F)(F)C(F)(F)C(F)C(F)F. The first kappa shape index (κ1) is 23.2. The van der Waals surface area contributed by atoms with Gasteiger partial charge in [-0.2, -0.15) is 35.1 Å². The number of hydrogen-bond acceptors (Lipinski definition) is 2. The Balaban J connectivity index is 0. The van der Waals surface area contributed by atoms with E-state index in [1.807, 2.05) is 0 Å². The molecule has 0 N–H and O–H groups in total. The van der Waals surface area contributed by atoms with Crippen molar-refractivity contribution in [2.75, 3.05) is 0 Å². The van der Waals surface area contributed by atoms with Crippen LogP contribution in [0.1, 0.15) is 0 Å². The van der Waals surface area contributed by atoms with Crippen molar-refractivity contribution in [3.05, 3.63) is 0 Å². The third kappa shape index (κ3) is 3.15. The van der Waals surface area contributed by atoms with Crippen molar-refractivity contribution in [3.8, 4) is 0 Å². The van der Waals surface area contributed by atoms with Crippen molar-refractivity contribution in [3.63, 3.8) is 0 Å². The number of rotatable bonds is 6. The number of carbonyl (C=O) groups excluding carboxylic acids is 1. The third-order valence-electron chi connectivity index (χ3n) is 2.10. The zero-order valence-corrected chi connectivity index (χ0v) is 10.2. The van der Waals surface area contributed by atoms with Gasteiger partial charge in [0.25, 0.3) is 6.43 Å². The number of carbonyl (C=O) groups is 1. The average Bonchev–Trinajstić information content (AvgIpc) is 2.35. The summed E-state index contributed by atoms with van der Waals surface area (Å²) in [6.45, 7) is 0. The van der Waals surface area contributed by atoms with Crippen molar-refractivity contribution in [2.45, 2.75) is 36.3 Å². The highest BCUT2D eigenvalue weighted by atomic mass is 35.5. The fourth-order valence-corrected chi connectivity index (χ4v) is 0.915. The van der Waals surface area contributed by atoms with Gasteiger partial charge >= 0.3 is 29.7 Å². The summed E-state index contributed by atoms with van der Waals surface area (Å²) in [5.74, 6) is -32.8. The summed E-state index contributed by atoms with van der Waals surface area (Å²) < 4.78 is 147. The van der Waals surface area contributed by atoms with E-state index < -0.39 is 42.3 Å². The molecule has 0 spiro atoms. The van der Waals surface area contributed by atoms with Gasteiger partial charge in [-0.25, -0.2) is 22.9 Å². The molecule has 22 heavy (non-hydrogen) atoms. The van der Waals surface area contributed by atoms with Gasteiger partial charge in [-0.05, 0) is 0 Å². The summed E-state index contributed by atoms with van der Waals surface area (Å²) in [4.78, 5) is 11.4. The summed E-state index contributed by atoms with van der Waals surface area (Å²) in [5.41, 5.74) is 0. The van der Waals surface area contributed by atoms with Gasteiger partial charge in [0, 0.05) is 4.53 Å². The summed E-state index contributed by atoms with van der Waals surface area (Å²) in [6, 6.07) is 0. The molecule has 0 aromatic heterocycles. The van der Waals surface area contributed by atoms with Gasteiger partial charge in [-0.3, -0.25) is 0 Å². The van der Waals surface area contributed by atoms with Crippen molar-refractivity contribution in [2.24, 2.45) is 0 Å². The number of hydrogen-bond donors (Lipinski definition) is 0. The van der Waals surface area contributed by atoms with Crippen LogP contribution in [0, 0.1) is 0 Å². The zero-order valence-electron chi connectivity index (χ0n) is 9.42. The van der Waals surface area contributed by atoms with Crippen LogP contribution < -0.4 is 0 Å². The Morgan fingerprint density at radius 3 is 1.45 bits per heavy atom. The standard InChI is InChI=1S/C7H2F12O2.ClH/c8-1(2(9)10)4(11,12)6(15,16)7(17,18)5(13,14)3(20)21-19;/h1-2H;1H. The van der Waals surface area contributed by atoms with E-state index in [4.69, 9.17) is 0 Å². The molecule has 0 aromatic carbocycles. The number of alkyl halides is 11. The molecule has 0 radical (unpaired) electrons. The van der Waals surface area contributed by atoms with E-state index in [-0.39, 0.29) is 12.4 Å². The van der Waals surface area contributed by atoms with Gasteiger partial charge in [0.1, 0.15) is 0 Å². The smallest absolute Gasteiger partial charge is 0.248 e.